The molecule has 0 saturated heterocycles. The standard InChI is InChI=1S/C22H23N3O/c26-16-18-7-4-8-19(11-18)21-12-22-20(13-24-21)15-25(10-9-23-22)14-17-5-2-1-3-6-17/h1-8,11-13,23,26H,9-10,14-16H2. The van der Waals surface area contributed by atoms with Gasteiger partial charge in [-0.25, -0.2) is 0 Å². The zero-order valence-electron chi connectivity index (χ0n) is 14.7. The minimum absolute atomic E-state index is 0.0471. The van der Waals surface area contributed by atoms with Gasteiger partial charge in [-0.1, -0.05) is 48.5 Å². The average Bonchev–Trinajstić information content (AvgIpc) is 2.90. The van der Waals surface area contributed by atoms with Gasteiger partial charge in [-0.15, -0.1) is 0 Å². The van der Waals surface area contributed by atoms with E-state index in [0.717, 1.165) is 48.7 Å². The fraction of sp³-hybridized carbons (Fsp3) is 0.227. The van der Waals surface area contributed by atoms with E-state index in [-0.39, 0.29) is 6.61 Å². The maximum atomic E-state index is 9.35. The minimum Gasteiger partial charge on any atom is -0.392 e. The molecule has 4 heteroatoms. The number of anilines is 1. The lowest BCUT2D eigenvalue weighted by Crippen LogP contribution is -2.25. The summed E-state index contributed by atoms with van der Waals surface area (Å²) in [5, 5.41) is 12.9. The van der Waals surface area contributed by atoms with E-state index in [0.29, 0.717) is 0 Å². The molecule has 2 aromatic carbocycles. The van der Waals surface area contributed by atoms with E-state index < -0.39 is 0 Å². The van der Waals surface area contributed by atoms with Crippen molar-refractivity contribution in [3.63, 3.8) is 0 Å². The molecule has 4 nitrogen and oxygen atoms in total. The number of fused-ring (bicyclic) bond motifs is 1. The number of hydrogen-bond donors (Lipinski definition) is 2. The van der Waals surface area contributed by atoms with E-state index >= 15 is 0 Å². The molecule has 1 aliphatic rings. The number of rotatable bonds is 4. The van der Waals surface area contributed by atoms with E-state index in [1.54, 1.807) is 0 Å². The van der Waals surface area contributed by atoms with Gasteiger partial charge in [0.2, 0.25) is 0 Å². The highest BCUT2D eigenvalue weighted by molar-refractivity contribution is 5.66. The summed E-state index contributed by atoms with van der Waals surface area (Å²) in [4.78, 5) is 7.12. The van der Waals surface area contributed by atoms with Crippen LogP contribution < -0.4 is 5.32 Å². The first-order valence-corrected chi connectivity index (χ1v) is 9.01. The number of aliphatic hydroxyl groups is 1. The Labute approximate surface area is 154 Å². The van der Waals surface area contributed by atoms with Crippen LogP contribution in [-0.4, -0.2) is 28.1 Å². The van der Waals surface area contributed by atoms with Crippen molar-refractivity contribution in [2.75, 3.05) is 18.4 Å². The van der Waals surface area contributed by atoms with Crippen LogP contribution in [0.5, 0.6) is 0 Å². The molecule has 0 aliphatic carbocycles. The second-order valence-corrected chi connectivity index (χ2v) is 6.71. The Balaban J connectivity index is 1.56. The highest BCUT2D eigenvalue weighted by atomic mass is 16.3. The van der Waals surface area contributed by atoms with Crippen molar-refractivity contribution in [3.05, 3.63) is 83.6 Å². The normalized spacial score (nSPS) is 14.3. The Morgan fingerprint density at radius 2 is 1.85 bits per heavy atom. The first kappa shape index (κ1) is 16.8. The molecule has 0 amide bonds. The second-order valence-electron chi connectivity index (χ2n) is 6.71. The van der Waals surface area contributed by atoms with Gasteiger partial charge < -0.3 is 10.4 Å². The lowest BCUT2D eigenvalue weighted by molar-refractivity contribution is 0.271. The smallest absolute Gasteiger partial charge is 0.0722 e. The third kappa shape index (κ3) is 3.77. The molecule has 0 atom stereocenters. The summed E-state index contributed by atoms with van der Waals surface area (Å²) in [5.74, 6) is 0. The van der Waals surface area contributed by atoms with Gasteiger partial charge in [-0.2, -0.15) is 0 Å². The van der Waals surface area contributed by atoms with Crippen molar-refractivity contribution in [2.45, 2.75) is 19.7 Å². The van der Waals surface area contributed by atoms with E-state index in [9.17, 15) is 5.11 Å². The number of hydrogen-bond acceptors (Lipinski definition) is 4. The molecule has 132 valence electrons. The van der Waals surface area contributed by atoms with Gasteiger partial charge in [0.25, 0.3) is 0 Å². The summed E-state index contributed by atoms with van der Waals surface area (Å²) < 4.78 is 0. The summed E-state index contributed by atoms with van der Waals surface area (Å²) in [6.07, 6.45) is 1.98. The van der Waals surface area contributed by atoms with Gasteiger partial charge in [-0.05, 0) is 23.3 Å². The van der Waals surface area contributed by atoms with Crippen molar-refractivity contribution in [1.82, 2.24) is 9.88 Å². The molecule has 0 spiro atoms. The molecule has 26 heavy (non-hydrogen) atoms. The van der Waals surface area contributed by atoms with Crippen molar-refractivity contribution >= 4 is 5.69 Å². The molecule has 1 aliphatic heterocycles. The largest absolute Gasteiger partial charge is 0.392 e. The maximum Gasteiger partial charge on any atom is 0.0722 e. The highest BCUT2D eigenvalue weighted by Crippen LogP contribution is 2.27. The Hall–Kier alpha value is -2.69. The van der Waals surface area contributed by atoms with Crippen LogP contribution in [0.1, 0.15) is 16.7 Å². The maximum absolute atomic E-state index is 9.35. The third-order valence-corrected chi connectivity index (χ3v) is 4.78. The lowest BCUT2D eigenvalue weighted by Gasteiger charge is -2.19. The van der Waals surface area contributed by atoms with E-state index in [4.69, 9.17) is 0 Å². The minimum atomic E-state index is 0.0471. The monoisotopic (exact) mass is 345 g/mol. The number of pyridine rings is 1. The molecule has 0 saturated carbocycles. The van der Waals surface area contributed by atoms with Gasteiger partial charge in [0.15, 0.2) is 0 Å². The van der Waals surface area contributed by atoms with Crippen LogP contribution in [-0.2, 0) is 19.7 Å². The predicted octanol–water partition coefficient (Wildman–Crippen LogP) is 3.67. The van der Waals surface area contributed by atoms with E-state index in [2.05, 4.69) is 51.6 Å². The Kier molecular flexibility index (Phi) is 4.95. The Bertz CT molecular complexity index is 880. The molecule has 0 radical (unpaired) electrons. The molecule has 1 aromatic heterocycles. The fourth-order valence-corrected chi connectivity index (χ4v) is 3.41. The average molecular weight is 345 g/mol. The van der Waals surface area contributed by atoms with Crippen LogP contribution in [0.2, 0.25) is 0 Å². The van der Waals surface area contributed by atoms with Crippen molar-refractivity contribution in [1.29, 1.82) is 0 Å². The lowest BCUT2D eigenvalue weighted by atomic mass is 10.1. The highest BCUT2D eigenvalue weighted by Gasteiger charge is 2.15. The summed E-state index contributed by atoms with van der Waals surface area (Å²) in [7, 11) is 0. The van der Waals surface area contributed by atoms with Crippen LogP contribution in [0.3, 0.4) is 0 Å². The van der Waals surface area contributed by atoms with E-state index in [1.165, 1.54) is 11.1 Å². The summed E-state index contributed by atoms with van der Waals surface area (Å²) in [5.41, 5.74) is 6.58. The summed E-state index contributed by atoms with van der Waals surface area (Å²) >= 11 is 0. The molecule has 0 unspecified atom stereocenters. The topological polar surface area (TPSA) is 48.4 Å². The molecule has 0 fully saturated rings. The first-order chi connectivity index (χ1) is 12.8. The fourth-order valence-electron chi connectivity index (χ4n) is 3.41. The SMILES string of the molecule is OCc1cccc(-c2cc3c(cn2)CN(Cc2ccccc2)CCN3)c1. The molecular weight excluding hydrogens is 322 g/mol. The Morgan fingerprint density at radius 1 is 1.00 bits per heavy atom. The van der Waals surface area contributed by atoms with Gasteiger partial charge in [0.05, 0.1) is 12.3 Å². The van der Waals surface area contributed by atoms with Crippen LogP contribution in [0.25, 0.3) is 11.3 Å². The van der Waals surface area contributed by atoms with Crippen LogP contribution in [0.15, 0.2) is 66.9 Å². The van der Waals surface area contributed by atoms with Crippen LogP contribution in [0, 0.1) is 0 Å². The zero-order chi connectivity index (χ0) is 17.8. The molecule has 3 aromatic rings. The number of aliphatic hydroxyl groups excluding tert-OH is 1. The number of nitrogens with one attached hydrogen (secondary N) is 1. The molecule has 0 bridgehead atoms. The van der Waals surface area contributed by atoms with E-state index in [1.807, 2.05) is 30.5 Å². The molecule has 2 N–H and O–H groups in total. The Morgan fingerprint density at radius 3 is 2.69 bits per heavy atom. The molecule has 4 rings (SSSR count). The first-order valence-electron chi connectivity index (χ1n) is 9.01. The van der Waals surface area contributed by atoms with Crippen molar-refractivity contribution < 1.29 is 5.11 Å². The van der Waals surface area contributed by atoms with Crippen molar-refractivity contribution in [3.8, 4) is 11.3 Å². The summed E-state index contributed by atoms with van der Waals surface area (Å²) in [6, 6.07) is 20.6. The third-order valence-electron chi connectivity index (χ3n) is 4.78. The number of aromatic nitrogens is 1. The number of nitrogens with zero attached hydrogens (tertiary/aromatic N) is 2. The second kappa shape index (κ2) is 7.68. The van der Waals surface area contributed by atoms with Gasteiger partial charge in [0, 0.05) is 49.2 Å². The van der Waals surface area contributed by atoms with Crippen LogP contribution >= 0.6 is 0 Å². The van der Waals surface area contributed by atoms with Crippen molar-refractivity contribution in [2.24, 2.45) is 0 Å². The molecular formula is C22H23N3O. The zero-order valence-corrected chi connectivity index (χ0v) is 14.7. The molecule has 2 heterocycles. The van der Waals surface area contributed by atoms with Gasteiger partial charge >= 0.3 is 0 Å². The van der Waals surface area contributed by atoms with Crippen LogP contribution in [0.4, 0.5) is 5.69 Å². The number of benzene rings is 2. The quantitative estimate of drug-likeness (QED) is 0.757. The predicted molar refractivity (Wildman–Crippen MR) is 105 cm³/mol. The van der Waals surface area contributed by atoms with Gasteiger partial charge in [-0.3, -0.25) is 9.88 Å². The van der Waals surface area contributed by atoms with Gasteiger partial charge in [0.1, 0.15) is 0 Å². The summed E-state index contributed by atoms with van der Waals surface area (Å²) in [6.45, 7) is 3.80.